The normalized spacial score (nSPS) is 12.0. The SMILES string of the molecule is Cc1nccc2c1c(=O)n(C)c1cc(OCC(N)CC(C)C)c(C#N)cc21.Cl. The van der Waals surface area contributed by atoms with Crippen molar-refractivity contribution in [1.29, 1.82) is 5.26 Å². The summed E-state index contributed by atoms with van der Waals surface area (Å²) < 4.78 is 7.43. The number of nitrogens with zero attached hydrogens (tertiary/aromatic N) is 3. The molecule has 0 bridgehead atoms. The zero-order valence-corrected chi connectivity index (χ0v) is 17.3. The Morgan fingerprint density at radius 3 is 2.68 bits per heavy atom. The van der Waals surface area contributed by atoms with Crippen molar-refractivity contribution >= 4 is 34.1 Å². The number of aromatic nitrogens is 2. The van der Waals surface area contributed by atoms with E-state index in [1.54, 1.807) is 29.9 Å². The first kappa shape index (κ1) is 21.7. The Bertz CT molecular complexity index is 1120. The third-order valence-electron chi connectivity index (χ3n) is 4.76. The highest BCUT2D eigenvalue weighted by molar-refractivity contribution is 6.07. The zero-order chi connectivity index (χ0) is 19.7. The summed E-state index contributed by atoms with van der Waals surface area (Å²) in [6.07, 6.45) is 2.52. The largest absolute Gasteiger partial charge is 0.491 e. The Morgan fingerprint density at radius 2 is 2.04 bits per heavy atom. The summed E-state index contributed by atoms with van der Waals surface area (Å²) in [6, 6.07) is 7.43. The van der Waals surface area contributed by atoms with E-state index >= 15 is 0 Å². The molecule has 0 radical (unpaired) electrons. The van der Waals surface area contributed by atoms with Crippen molar-refractivity contribution in [3.05, 3.63) is 46.0 Å². The van der Waals surface area contributed by atoms with Gasteiger partial charge in [0.2, 0.25) is 0 Å². The predicted octanol–water partition coefficient (Wildman–Crippen LogP) is 3.44. The van der Waals surface area contributed by atoms with E-state index in [0.29, 0.717) is 40.4 Å². The first-order valence-corrected chi connectivity index (χ1v) is 9.04. The maximum Gasteiger partial charge on any atom is 0.260 e. The molecule has 0 amide bonds. The van der Waals surface area contributed by atoms with Crippen LogP contribution in [-0.4, -0.2) is 22.2 Å². The number of pyridine rings is 2. The fourth-order valence-electron chi connectivity index (χ4n) is 3.48. The summed E-state index contributed by atoms with van der Waals surface area (Å²) in [5, 5.41) is 11.8. The van der Waals surface area contributed by atoms with Crippen LogP contribution in [0.15, 0.2) is 29.2 Å². The van der Waals surface area contributed by atoms with Gasteiger partial charge < -0.3 is 15.0 Å². The highest BCUT2D eigenvalue weighted by atomic mass is 35.5. The van der Waals surface area contributed by atoms with Crippen LogP contribution in [0.1, 0.15) is 31.5 Å². The quantitative estimate of drug-likeness (QED) is 0.662. The molecule has 3 aromatic rings. The van der Waals surface area contributed by atoms with Crippen LogP contribution in [0.5, 0.6) is 5.75 Å². The maximum atomic E-state index is 12.8. The first-order valence-electron chi connectivity index (χ1n) is 9.04. The van der Waals surface area contributed by atoms with Crippen LogP contribution in [0.25, 0.3) is 21.7 Å². The Hall–Kier alpha value is -2.62. The molecule has 0 aliphatic rings. The Balaban J connectivity index is 0.00000280. The molecule has 28 heavy (non-hydrogen) atoms. The van der Waals surface area contributed by atoms with E-state index in [0.717, 1.165) is 17.2 Å². The molecule has 1 aromatic carbocycles. The topological polar surface area (TPSA) is 93.9 Å². The van der Waals surface area contributed by atoms with Gasteiger partial charge in [0.15, 0.2) is 0 Å². The van der Waals surface area contributed by atoms with Gasteiger partial charge in [-0.2, -0.15) is 5.26 Å². The number of benzene rings is 1. The third kappa shape index (κ3) is 3.96. The minimum Gasteiger partial charge on any atom is -0.491 e. The van der Waals surface area contributed by atoms with E-state index in [2.05, 4.69) is 24.9 Å². The molecule has 0 aliphatic carbocycles. The summed E-state index contributed by atoms with van der Waals surface area (Å²) >= 11 is 0. The van der Waals surface area contributed by atoms with Crippen molar-refractivity contribution in [2.75, 3.05) is 6.61 Å². The maximum absolute atomic E-state index is 12.8. The van der Waals surface area contributed by atoms with Crippen LogP contribution >= 0.6 is 12.4 Å². The molecule has 0 fully saturated rings. The molecule has 148 valence electrons. The standard InChI is InChI=1S/C21H24N4O2.ClH/c1-12(2)7-15(23)11-27-19-9-18-17(8-14(19)10-22)16-5-6-24-13(3)20(16)21(26)25(18)4;/h5-6,8-9,12,15H,7,11,23H2,1-4H3;1H. The lowest BCUT2D eigenvalue weighted by Crippen LogP contribution is -2.29. The highest BCUT2D eigenvalue weighted by Crippen LogP contribution is 2.30. The van der Waals surface area contributed by atoms with Crippen LogP contribution in [0.3, 0.4) is 0 Å². The van der Waals surface area contributed by atoms with Crippen LogP contribution in [-0.2, 0) is 7.05 Å². The fourth-order valence-corrected chi connectivity index (χ4v) is 3.48. The fraction of sp³-hybridized carbons (Fsp3) is 0.381. The van der Waals surface area contributed by atoms with Crippen LogP contribution in [0.4, 0.5) is 0 Å². The summed E-state index contributed by atoms with van der Waals surface area (Å²) in [5.74, 6) is 0.920. The second-order valence-corrected chi connectivity index (χ2v) is 7.36. The molecule has 2 aromatic heterocycles. The van der Waals surface area contributed by atoms with E-state index in [9.17, 15) is 10.1 Å². The first-order chi connectivity index (χ1) is 12.8. The summed E-state index contributed by atoms with van der Waals surface area (Å²) in [4.78, 5) is 17.0. The van der Waals surface area contributed by atoms with Gasteiger partial charge in [0, 0.05) is 30.7 Å². The van der Waals surface area contributed by atoms with Gasteiger partial charge in [-0.3, -0.25) is 9.78 Å². The van der Waals surface area contributed by atoms with Crippen molar-refractivity contribution in [2.24, 2.45) is 18.7 Å². The van der Waals surface area contributed by atoms with Crippen molar-refractivity contribution in [3.63, 3.8) is 0 Å². The smallest absolute Gasteiger partial charge is 0.260 e. The number of nitriles is 1. The molecule has 1 unspecified atom stereocenters. The van der Waals surface area contributed by atoms with Gasteiger partial charge in [-0.15, -0.1) is 12.4 Å². The average Bonchev–Trinajstić information content (AvgIpc) is 2.63. The number of fused-ring (bicyclic) bond motifs is 3. The molecule has 6 nitrogen and oxygen atoms in total. The van der Waals surface area contributed by atoms with Crippen LogP contribution < -0.4 is 16.0 Å². The highest BCUT2D eigenvalue weighted by Gasteiger charge is 2.16. The van der Waals surface area contributed by atoms with E-state index in [-0.39, 0.29) is 24.0 Å². The molecule has 0 saturated carbocycles. The Labute approximate surface area is 170 Å². The van der Waals surface area contributed by atoms with Gasteiger partial charge in [0.1, 0.15) is 18.4 Å². The monoisotopic (exact) mass is 400 g/mol. The molecule has 1 atom stereocenters. The number of ether oxygens (including phenoxy) is 1. The van der Waals surface area contributed by atoms with Gasteiger partial charge in [-0.25, -0.2) is 0 Å². The summed E-state index contributed by atoms with van der Waals surface area (Å²) in [7, 11) is 1.72. The van der Waals surface area contributed by atoms with Gasteiger partial charge in [-0.1, -0.05) is 13.8 Å². The second-order valence-electron chi connectivity index (χ2n) is 7.36. The molecule has 2 N–H and O–H groups in total. The van der Waals surface area contributed by atoms with Crippen molar-refractivity contribution in [2.45, 2.75) is 33.2 Å². The van der Waals surface area contributed by atoms with E-state index in [1.165, 1.54) is 0 Å². The average molecular weight is 401 g/mol. The Morgan fingerprint density at radius 1 is 1.32 bits per heavy atom. The van der Waals surface area contributed by atoms with Crippen LogP contribution in [0.2, 0.25) is 0 Å². The van der Waals surface area contributed by atoms with Gasteiger partial charge in [-0.05, 0) is 36.8 Å². The zero-order valence-electron chi connectivity index (χ0n) is 16.5. The van der Waals surface area contributed by atoms with Crippen molar-refractivity contribution < 1.29 is 4.74 Å². The number of nitrogens with two attached hydrogens (primary N) is 1. The van der Waals surface area contributed by atoms with E-state index in [4.69, 9.17) is 10.5 Å². The number of hydrogen-bond acceptors (Lipinski definition) is 5. The molecule has 2 heterocycles. The molecule has 0 spiro atoms. The number of hydrogen-bond donors (Lipinski definition) is 1. The lowest BCUT2D eigenvalue weighted by atomic mass is 10.0. The van der Waals surface area contributed by atoms with E-state index in [1.807, 2.05) is 13.0 Å². The summed E-state index contributed by atoms with van der Waals surface area (Å²) in [6.45, 7) is 6.35. The molecule has 0 saturated heterocycles. The van der Waals surface area contributed by atoms with E-state index < -0.39 is 0 Å². The minimum atomic E-state index is -0.115. The number of rotatable bonds is 5. The number of halogens is 1. The Kier molecular flexibility index (Phi) is 6.65. The minimum absolute atomic E-state index is 0. The van der Waals surface area contributed by atoms with Crippen LogP contribution in [0, 0.1) is 24.2 Å². The lowest BCUT2D eigenvalue weighted by Gasteiger charge is -2.17. The molecule has 0 aliphatic heterocycles. The van der Waals surface area contributed by atoms with Gasteiger partial charge in [0.05, 0.1) is 22.2 Å². The lowest BCUT2D eigenvalue weighted by molar-refractivity contribution is 0.270. The molecule has 7 heteroatoms. The molecule has 3 rings (SSSR count). The second kappa shape index (κ2) is 8.59. The predicted molar refractivity (Wildman–Crippen MR) is 114 cm³/mol. The van der Waals surface area contributed by atoms with Crippen molar-refractivity contribution in [1.82, 2.24) is 9.55 Å². The molecular formula is C21H25ClN4O2. The number of aryl methyl sites for hydroxylation is 2. The molecular weight excluding hydrogens is 376 g/mol. The van der Waals surface area contributed by atoms with Gasteiger partial charge in [0.25, 0.3) is 5.56 Å². The summed E-state index contributed by atoms with van der Waals surface area (Å²) in [5.41, 5.74) is 7.80. The van der Waals surface area contributed by atoms with Gasteiger partial charge >= 0.3 is 0 Å². The third-order valence-corrected chi connectivity index (χ3v) is 4.76. The van der Waals surface area contributed by atoms with Crippen molar-refractivity contribution in [3.8, 4) is 11.8 Å².